The van der Waals surface area contributed by atoms with Crippen molar-refractivity contribution >= 4 is 34.9 Å². The van der Waals surface area contributed by atoms with Gasteiger partial charge >= 0.3 is 0 Å². The zero-order valence-electron chi connectivity index (χ0n) is 13.5. The molecule has 1 aliphatic heterocycles. The first-order valence-electron chi connectivity index (χ1n) is 7.71. The maximum absolute atomic E-state index is 14.2. The number of hydrogen-bond acceptors (Lipinski definition) is 4. The van der Waals surface area contributed by atoms with Gasteiger partial charge in [0.15, 0.2) is 5.78 Å². The van der Waals surface area contributed by atoms with Crippen LogP contribution in [0.4, 0.5) is 10.1 Å². The normalized spacial score (nSPS) is 18.8. The van der Waals surface area contributed by atoms with Crippen LogP contribution in [0.5, 0.6) is 0 Å². The van der Waals surface area contributed by atoms with Crippen LogP contribution in [0.2, 0.25) is 5.02 Å². The van der Waals surface area contributed by atoms with Crippen molar-refractivity contribution in [2.24, 2.45) is 16.9 Å². The zero-order valence-corrected chi connectivity index (χ0v) is 14.3. The maximum atomic E-state index is 14.2. The number of nitrogens with two attached hydrogens (primary N) is 2. The van der Waals surface area contributed by atoms with E-state index < -0.39 is 28.8 Å². The van der Waals surface area contributed by atoms with Gasteiger partial charge < -0.3 is 16.8 Å². The van der Waals surface area contributed by atoms with Crippen LogP contribution in [-0.2, 0) is 11.2 Å². The van der Waals surface area contributed by atoms with E-state index in [2.05, 4.69) is 5.32 Å². The minimum Gasteiger partial charge on any atom is -0.381 e. The third-order valence-electron chi connectivity index (χ3n) is 4.51. The molecule has 2 amide bonds. The highest BCUT2D eigenvalue weighted by molar-refractivity contribution is 6.30. The number of carbonyl (C=O) groups excluding carboxylic acids is 3. The SMILES string of the molecule is NC(=O)c1cc(F)c2c(c1)C(=O)C(Cc1ccc(Cl)cc1)(C(N)=O)CN2. The number of anilines is 1. The smallest absolute Gasteiger partial charge is 0.248 e. The van der Waals surface area contributed by atoms with Crippen molar-refractivity contribution in [1.29, 1.82) is 0 Å². The fourth-order valence-corrected chi connectivity index (χ4v) is 3.19. The molecule has 8 heteroatoms. The van der Waals surface area contributed by atoms with E-state index in [1.54, 1.807) is 24.3 Å². The van der Waals surface area contributed by atoms with Crippen molar-refractivity contribution in [2.45, 2.75) is 6.42 Å². The van der Waals surface area contributed by atoms with Crippen molar-refractivity contribution in [3.63, 3.8) is 0 Å². The first kappa shape index (κ1) is 17.9. The minimum atomic E-state index is -1.62. The number of halogens is 2. The molecule has 2 aromatic rings. The molecule has 2 aromatic carbocycles. The number of carbonyl (C=O) groups is 3. The van der Waals surface area contributed by atoms with Crippen LogP contribution < -0.4 is 16.8 Å². The Balaban J connectivity index is 2.09. The van der Waals surface area contributed by atoms with Gasteiger partial charge in [-0.05, 0) is 36.2 Å². The van der Waals surface area contributed by atoms with Gasteiger partial charge in [0.05, 0.1) is 5.69 Å². The molecule has 1 heterocycles. The Bertz CT molecular complexity index is 930. The van der Waals surface area contributed by atoms with E-state index in [0.29, 0.717) is 10.6 Å². The molecule has 1 atom stereocenters. The van der Waals surface area contributed by atoms with Crippen molar-refractivity contribution in [2.75, 3.05) is 11.9 Å². The maximum Gasteiger partial charge on any atom is 0.248 e. The Hall–Kier alpha value is -2.93. The van der Waals surface area contributed by atoms with Crippen molar-refractivity contribution in [3.05, 3.63) is 63.9 Å². The third-order valence-corrected chi connectivity index (χ3v) is 4.76. The Kier molecular flexibility index (Phi) is 4.41. The summed E-state index contributed by atoms with van der Waals surface area (Å²) >= 11 is 5.86. The van der Waals surface area contributed by atoms with Crippen LogP contribution in [0.25, 0.3) is 0 Å². The van der Waals surface area contributed by atoms with E-state index in [4.69, 9.17) is 23.1 Å². The lowest BCUT2D eigenvalue weighted by Gasteiger charge is -2.35. The van der Waals surface area contributed by atoms with Crippen LogP contribution in [0, 0.1) is 11.2 Å². The van der Waals surface area contributed by atoms with Crippen LogP contribution in [0.15, 0.2) is 36.4 Å². The van der Waals surface area contributed by atoms with E-state index in [9.17, 15) is 18.8 Å². The second-order valence-corrected chi connectivity index (χ2v) is 6.61. The number of fused-ring (bicyclic) bond motifs is 1. The van der Waals surface area contributed by atoms with Crippen molar-refractivity contribution in [1.82, 2.24) is 0 Å². The molecule has 0 bridgehead atoms. The van der Waals surface area contributed by atoms with Gasteiger partial charge in [-0.2, -0.15) is 0 Å². The fraction of sp³-hybridized carbons (Fsp3) is 0.167. The van der Waals surface area contributed by atoms with Gasteiger partial charge in [-0.1, -0.05) is 23.7 Å². The largest absolute Gasteiger partial charge is 0.381 e. The van der Waals surface area contributed by atoms with Crippen LogP contribution in [0.1, 0.15) is 26.3 Å². The summed E-state index contributed by atoms with van der Waals surface area (Å²) < 4.78 is 14.2. The van der Waals surface area contributed by atoms with E-state index in [-0.39, 0.29) is 29.8 Å². The van der Waals surface area contributed by atoms with Gasteiger partial charge in [-0.15, -0.1) is 0 Å². The summed E-state index contributed by atoms with van der Waals surface area (Å²) in [6.07, 6.45) is 0.00714. The molecule has 0 aliphatic carbocycles. The number of benzene rings is 2. The highest BCUT2D eigenvalue weighted by Crippen LogP contribution is 2.37. The molecular weight excluding hydrogens is 361 g/mol. The summed E-state index contributed by atoms with van der Waals surface area (Å²) in [4.78, 5) is 36.7. The van der Waals surface area contributed by atoms with E-state index >= 15 is 0 Å². The van der Waals surface area contributed by atoms with Crippen molar-refractivity contribution in [3.8, 4) is 0 Å². The average Bonchev–Trinajstić information content (AvgIpc) is 2.59. The number of nitrogens with one attached hydrogen (secondary N) is 1. The van der Waals surface area contributed by atoms with Crippen LogP contribution >= 0.6 is 11.6 Å². The second-order valence-electron chi connectivity index (χ2n) is 6.18. The summed E-state index contributed by atoms with van der Waals surface area (Å²) in [5.41, 5.74) is 9.41. The predicted octanol–water partition coefficient (Wildman–Crippen LogP) is 1.90. The average molecular weight is 376 g/mol. The number of hydrogen-bond donors (Lipinski definition) is 3. The minimum absolute atomic E-state index is 0.00714. The summed E-state index contributed by atoms with van der Waals surface area (Å²) in [6, 6.07) is 8.73. The lowest BCUT2D eigenvalue weighted by atomic mass is 9.72. The molecule has 134 valence electrons. The van der Waals surface area contributed by atoms with Gasteiger partial charge in [0, 0.05) is 22.7 Å². The molecule has 0 saturated heterocycles. The molecule has 1 aliphatic rings. The first-order valence-corrected chi connectivity index (χ1v) is 8.09. The molecule has 0 fully saturated rings. The molecule has 0 radical (unpaired) electrons. The van der Waals surface area contributed by atoms with Gasteiger partial charge in [0.25, 0.3) is 0 Å². The standard InChI is InChI=1S/C18H15ClFN3O3/c19-11-3-1-9(2-4-11)7-18(17(22)26)8-23-14-12(15(18)24)5-10(16(21)25)6-13(14)20/h1-6,23H,7-8H2,(H2,21,25)(H2,22,26). The Morgan fingerprint density at radius 2 is 1.85 bits per heavy atom. The number of Topliss-reactive ketones (excluding diaryl/α,β-unsaturated/α-hetero) is 1. The molecule has 3 rings (SSSR count). The van der Waals surface area contributed by atoms with E-state index in [1.807, 2.05) is 0 Å². The van der Waals surface area contributed by atoms with E-state index in [0.717, 1.165) is 6.07 Å². The quantitative estimate of drug-likeness (QED) is 0.708. The molecule has 6 nitrogen and oxygen atoms in total. The van der Waals surface area contributed by atoms with Gasteiger partial charge in [0.2, 0.25) is 11.8 Å². The van der Waals surface area contributed by atoms with E-state index in [1.165, 1.54) is 6.07 Å². The van der Waals surface area contributed by atoms with Crippen LogP contribution in [-0.4, -0.2) is 24.1 Å². The van der Waals surface area contributed by atoms with Gasteiger partial charge in [-0.25, -0.2) is 4.39 Å². The fourth-order valence-electron chi connectivity index (χ4n) is 3.06. The molecule has 0 aromatic heterocycles. The highest BCUT2D eigenvalue weighted by atomic mass is 35.5. The highest BCUT2D eigenvalue weighted by Gasteiger charge is 2.48. The molecule has 5 N–H and O–H groups in total. The Labute approximate surface area is 153 Å². The summed E-state index contributed by atoms with van der Waals surface area (Å²) in [6.45, 7) is -0.163. The monoisotopic (exact) mass is 375 g/mol. The Morgan fingerprint density at radius 1 is 1.19 bits per heavy atom. The summed E-state index contributed by atoms with van der Waals surface area (Å²) in [7, 11) is 0. The summed E-state index contributed by atoms with van der Waals surface area (Å²) in [5.74, 6) is -3.18. The first-order chi connectivity index (χ1) is 12.2. The molecule has 1 unspecified atom stereocenters. The number of rotatable bonds is 4. The van der Waals surface area contributed by atoms with Gasteiger partial charge in [-0.3, -0.25) is 14.4 Å². The Morgan fingerprint density at radius 3 is 2.42 bits per heavy atom. The lowest BCUT2D eigenvalue weighted by molar-refractivity contribution is -0.124. The lowest BCUT2D eigenvalue weighted by Crippen LogP contribution is -2.53. The molecule has 0 saturated carbocycles. The van der Waals surface area contributed by atoms with Gasteiger partial charge in [0.1, 0.15) is 11.2 Å². The number of primary amides is 2. The predicted molar refractivity (Wildman–Crippen MR) is 94.5 cm³/mol. The van der Waals surface area contributed by atoms with Crippen molar-refractivity contribution < 1.29 is 18.8 Å². The third kappa shape index (κ3) is 2.90. The summed E-state index contributed by atoms with van der Waals surface area (Å²) in [5, 5.41) is 3.26. The molecule has 26 heavy (non-hydrogen) atoms. The molecular formula is C18H15ClFN3O3. The zero-order chi connectivity index (χ0) is 19.1. The molecule has 0 spiro atoms. The topological polar surface area (TPSA) is 115 Å². The van der Waals surface area contributed by atoms with Crippen LogP contribution in [0.3, 0.4) is 0 Å². The number of amides is 2. The second kappa shape index (κ2) is 6.42. The number of ketones is 1.